The molecule has 0 spiro atoms. The summed E-state index contributed by atoms with van der Waals surface area (Å²) in [5.41, 5.74) is 3.26. The Morgan fingerprint density at radius 2 is 1.73 bits per heavy atom. The number of hydrogen-bond acceptors (Lipinski definition) is 11. The Morgan fingerprint density at radius 3 is 2.39 bits per heavy atom. The normalized spacial score (nSPS) is 33.9. The predicted molar refractivity (Wildman–Crippen MR) is 139 cm³/mol. The molecule has 12 nitrogen and oxygen atoms in total. The summed E-state index contributed by atoms with van der Waals surface area (Å²) in [5.74, 6) is -12.7. The molecule has 4 aliphatic rings. The molecule has 2 aromatic carbocycles. The number of benzene rings is 2. The van der Waals surface area contributed by atoms with Crippen molar-refractivity contribution in [3.05, 3.63) is 41.5 Å². The van der Waals surface area contributed by atoms with E-state index in [1.165, 1.54) is 19.0 Å². The summed E-state index contributed by atoms with van der Waals surface area (Å²) in [5, 5.41) is 34.8. The number of aliphatic hydroxyl groups excluding tert-OH is 1. The molecule has 6 rings (SSSR count). The predicted octanol–water partition coefficient (Wildman–Crippen LogP) is -0.205. The third kappa shape index (κ3) is 3.41. The molecule has 0 saturated heterocycles. The minimum atomic E-state index is -3.04. The van der Waals surface area contributed by atoms with Gasteiger partial charge in [-0.25, -0.2) is 0 Å². The number of carbonyl (C=O) groups excluding carboxylic acids is 5. The fourth-order valence-electron chi connectivity index (χ4n) is 7.29. The van der Waals surface area contributed by atoms with Gasteiger partial charge in [0.25, 0.3) is 0 Å². The standard InChI is InChI=1S/C29H28N2O10/c1-10-12-5-6-13(11-4-7-14-15(8-11)41-9-40-14)22(32)17(12)23(33)18-16(10)24(34)20-21(31(2)3)25(35)19(28(30)38)27(37)29(20,39)26(18)36/h4-8,10,16,18-21,24,32,34,39H,9H2,1-3H3,(H2,30,38)/t10-,16+,18?,19?,20+,21-,24-,29-/m0/s1. The summed E-state index contributed by atoms with van der Waals surface area (Å²) >= 11 is 0. The van der Waals surface area contributed by atoms with E-state index in [-0.39, 0.29) is 17.9 Å². The van der Waals surface area contributed by atoms with Crippen LogP contribution in [0.1, 0.15) is 28.8 Å². The fraction of sp³-hybridized carbons (Fsp3) is 0.414. The SMILES string of the molecule is C[C@H]1c2ccc(-c3ccc4c(c3)OCO4)c(O)c2C(=O)C2C(=O)[C@]3(O)C(=O)C(C(N)=O)C(=O)[C@@H](N(C)C)[C@@H]3[C@@H](O)[C@@H]21. The first-order valence-corrected chi connectivity index (χ1v) is 13.1. The Labute approximate surface area is 233 Å². The Balaban J connectivity index is 1.50. The Morgan fingerprint density at radius 1 is 1.05 bits per heavy atom. The van der Waals surface area contributed by atoms with Crippen molar-refractivity contribution in [2.24, 2.45) is 29.4 Å². The summed E-state index contributed by atoms with van der Waals surface area (Å²) in [4.78, 5) is 68.3. The zero-order chi connectivity index (χ0) is 29.7. The molecule has 1 aliphatic heterocycles. The highest BCUT2D eigenvalue weighted by molar-refractivity contribution is 6.32. The summed E-state index contributed by atoms with van der Waals surface area (Å²) in [6, 6.07) is 6.77. The number of amides is 1. The van der Waals surface area contributed by atoms with Crippen LogP contribution in [0.25, 0.3) is 11.1 Å². The molecule has 41 heavy (non-hydrogen) atoms. The van der Waals surface area contributed by atoms with E-state index in [1.54, 1.807) is 37.3 Å². The molecule has 2 saturated carbocycles. The number of phenolic OH excluding ortho intramolecular Hbond substituents is 1. The molecule has 5 N–H and O–H groups in total. The van der Waals surface area contributed by atoms with Crippen molar-refractivity contribution in [1.29, 1.82) is 0 Å². The van der Waals surface area contributed by atoms with Crippen LogP contribution in [0.3, 0.4) is 0 Å². The molecule has 8 atom stereocenters. The van der Waals surface area contributed by atoms with Gasteiger partial charge >= 0.3 is 0 Å². The van der Waals surface area contributed by atoms with Crippen LogP contribution in [0.2, 0.25) is 0 Å². The van der Waals surface area contributed by atoms with Crippen LogP contribution in [0, 0.1) is 23.7 Å². The van der Waals surface area contributed by atoms with E-state index < -0.39 is 82.1 Å². The number of ketones is 4. The quantitative estimate of drug-likeness (QED) is 0.361. The molecular weight excluding hydrogens is 536 g/mol. The molecule has 2 fully saturated rings. The van der Waals surface area contributed by atoms with Crippen LogP contribution in [0.15, 0.2) is 30.3 Å². The summed E-state index contributed by atoms with van der Waals surface area (Å²) < 4.78 is 10.7. The van der Waals surface area contributed by atoms with Gasteiger partial charge in [0, 0.05) is 11.5 Å². The second kappa shape index (κ2) is 8.93. The van der Waals surface area contributed by atoms with Gasteiger partial charge in [-0.15, -0.1) is 0 Å². The van der Waals surface area contributed by atoms with Gasteiger partial charge in [0.2, 0.25) is 12.7 Å². The van der Waals surface area contributed by atoms with Crippen molar-refractivity contribution in [3.63, 3.8) is 0 Å². The van der Waals surface area contributed by atoms with E-state index >= 15 is 0 Å². The van der Waals surface area contributed by atoms with Crippen molar-refractivity contribution >= 4 is 29.0 Å². The number of aromatic hydroxyl groups is 1. The number of nitrogens with two attached hydrogens (primary N) is 1. The number of phenols is 1. The summed E-state index contributed by atoms with van der Waals surface area (Å²) in [6.45, 7) is 1.70. The molecule has 0 aromatic heterocycles. The number of aliphatic hydroxyl groups is 2. The highest BCUT2D eigenvalue weighted by atomic mass is 16.7. The average molecular weight is 565 g/mol. The van der Waals surface area contributed by atoms with E-state index in [4.69, 9.17) is 15.2 Å². The summed E-state index contributed by atoms with van der Waals surface area (Å²) in [7, 11) is 2.89. The van der Waals surface area contributed by atoms with Gasteiger partial charge < -0.3 is 30.5 Å². The number of ether oxygens (including phenoxy) is 2. The minimum Gasteiger partial charge on any atom is -0.507 e. The molecule has 1 amide bonds. The van der Waals surface area contributed by atoms with Gasteiger partial charge in [0.1, 0.15) is 5.75 Å². The zero-order valence-corrected chi connectivity index (χ0v) is 22.4. The lowest BCUT2D eigenvalue weighted by Crippen LogP contribution is -2.77. The van der Waals surface area contributed by atoms with Crippen LogP contribution < -0.4 is 15.2 Å². The van der Waals surface area contributed by atoms with Crippen molar-refractivity contribution in [2.75, 3.05) is 20.9 Å². The maximum absolute atomic E-state index is 14.1. The zero-order valence-electron chi connectivity index (χ0n) is 22.4. The molecule has 2 aromatic rings. The highest BCUT2D eigenvalue weighted by Crippen LogP contribution is 2.55. The average Bonchev–Trinajstić information content (AvgIpc) is 3.38. The maximum Gasteiger partial charge on any atom is 0.235 e. The summed E-state index contributed by atoms with van der Waals surface area (Å²) in [6.07, 6.45) is -1.68. The lowest BCUT2D eigenvalue weighted by atomic mass is 9.49. The van der Waals surface area contributed by atoms with Crippen LogP contribution >= 0.6 is 0 Å². The Kier molecular flexibility index (Phi) is 5.90. The molecule has 214 valence electrons. The second-order valence-electron chi connectivity index (χ2n) is 11.4. The number of nitrogens with zero attached hydrogens (tertiary/aromatic N) is 1. The third-order valence-corrected chi connectivity index (χ3v) is 9.17. The third-order valence-electron chi connectivity index (χ3n) is 9.17. The van der Waals surface area contributed by atoms with Gasteiger partial charge in [0.15, 0.2) is 46.2 Å². The number of primary amides is 1. The van der Waals surface area contributed by atoms with Gasteiger partial charge in [-0.1, -0.05) is 25.1 Å². The van der Waals surface area contributed by atoms with Crippen LogP contribution in [0.5, 0.6) is 17.2 Å². The Bertz CT molecular complexity index is 1570. The molecule has 3 aliphatic carbocycles. The maximum atomic E-state index is 14.1. The fourth-order valence-corrected chi connectivity index (χ4v) is 7.29. The molecule has 12 heteroatoms. The van der Waals surface area contributed by atoms with Gasteiger partial charge in [-0.3, -0.25) is 28.9 Å². The first kappa shape index (κ1) is 27.1. The van der Waals surface area contributed by atoms with Crippen molar-refractivity contribution < 1.29 is 48.8 Å². The number of carbonyl (C=O) groups is 5. The number of fused-ring (bicyclic) bond motifs is 4. The number of likely N-dealkylation sites (N-methyl/N-ethyl adjacent to an activating group) is 1. The lowest BCUT2D eigenvalue weighted by molar-refractivity contribution is -0.196. The topological polar surface area (TPSA) is 194 Å². The highest BCUT2D eigenvalue weighted by Gasteiger charge is 2.72. The van der Waals surface area contributed by atoms with E-state index in [0.29, 0.717) is 22.6 Å². The van der Waals surface area contributed by atoms with Gasteiger partial charge in [-0.05, 0) is 43.3 Å². The smallest absolute Gasteiger partial charge is 0.235 e. The van der Waals surface area contributed by atoms with E-state index in [0.717, 1.165) is 0 Å². The number of hydrogen-bond donors (Lipinski definition) is 4. The first-order chi connectivity index (χ1) is 19.3. The monoisotopic (exact) mass is 564 g/mol. The van der Waals surface area contributed by atoms with Gasteiger partial charge in [0.05, 0.1) is 29.5 Å². The van der Waals surface area contributed by atoms with Crippen molar-refractivity contribution in [1.82, 2.24) is 4.90 Å². The lowest BCUT2D eigenvalue weighted by Gasteiger charge is -2.56. The minimum absolute atomic E-state index is 0.0397. The Hall–Kier alpha value is -4.13. The number of rotatable bonds is 3. The molecular formula is C29H28N2O10. The van der Waals surface area contributed by atoms with Crippen LogP contribution in [-0.4, -0.2) is 87.9 Å². The van der Waals surface area contributed by atoms with Crippen LogP contribution in [-0.2, 0) is 19.2 Å². The van der Waals surface area contributed by atoms with Crippen molar-refractivity contribution in [3.8, 4) is 28.4 Å². The van der Waals surface area contributed by atoms with Crippen molar-refractivity contribution in [2.45, 2.75) is 30.6 Å². The largest absolute Gasteiger partial charge is 0.507 e. The number of Topliss-reactive ketones (excluding diaryl/α,β-unsaturated/α-hetero) is 4. The molecule has 2 unspecified atom stereocenters. The molecule has 0 radical (unpaired) electrons. The van der Waals surface area contributed by atoms with Crippen LogP contribution in [0.4, 0.5) is 0 Å². The first-order valence-electron chi connectivity index (χ1n) is 13.1. The molecule has 1 heterocycles. The van der Waals surface area contributed by atoms with E-state index in [9.17, 15) is 39.3 Å². The van der Waals surface area contributed by atoms with Gasteiger partial charge in [-0.2, -0.15) is 0 Å². The van der Waals surface area contributed by atoms with E-state index in [1.807, 2.05) is 0 Å². The molecule has 0 bridgehead atoms. The second-order valence-corrected chi connectivity index (χ2v) is 11.4. The van der Waals surface area contributed by atoms with E-state index in [2.05, 4.69) is 0 Å².